The molecule has 0 unspecified atom stereocenters. The van der Waals surface area contributed by atoms with E-state index in [0.29, 0.717) is 12.7 Å². The number of hydrogen-bond acceptors (Lipinski definition) is 7. The number of halogens is 5. The van der Waals surface area contributed by atoms with Crippen molar-refractivity contribution in [1.29, 1.82) is 0 Å². The fourth-order valence-corrected chi connectivity index (χ4v) is 5.25. The Morgan fingerprint density at radius 2 is 1.92 bits per heavy atom. The van der Waals surface area contributed by atoms with Crippen LogP contribution in [0.1, 0.15) is 23.4 Å². The SMILES string of the molecule is Cc1nc(-c2nc(N[C@H]3CCN(S(C)(=O)=O)C[C@H]3F)ncc2C(F)(F)F)cn1-c1ccc(CN(C)C)cc1F. The minimum atomic E-state index is -4.83. The highest BCUT2D eigenvalue weighted by Gasteiger charge is 2.37. The van der Waals surface area contributed by atoms with Gasteiger partial charge in [0.15, 0.2) is 0 Å². The van der Waals surface area contributed by atoms with Gasteiger partial charge in [0.05, 0.1) is 18.0 Å². The Hall–Kier alpha value is -3.17. The van der Waals surface area contributed by atoms with Crippen LogP contribution in [0.5, 0.6) is 0 Å². The second kappa shape index (κ2) is 10.8. The van der Waals surface area contributed by atoms with E-state index < -0.39 is 52.0 Å². The summed E-state index contributed by atoms with van der Waals surface area (Å²) in [5.41, 5.74) is -1.07. The first-order valence-corrected chi connectivity index (χ1v) is 13.8. The van der Waals surface area contributed by atoms with Gasteiger partial charge in [-0.25, -0.2) is 32.2 Å². The Bertz CT molecular complexity index is 1460. The Kier molecular flexibility index (Phi) is 7.96. The van der Waals surface area contributed by atoms with E-state index >= 15 is 0 Å². The van der Waals surface area contributed by atoms with E-state index in [1.807, 2.05) is 19.0 Å². The van der Waals surface area contributed by atoms with Crippen molar-refractivity contribution < 1.29 is 30.4 Å². The second-order valence-corrected chi connectivity index (χ2v) is 11.7. The summed E-state index contributed by atoms with van der Waals surface area (Å²) in [6.45, 7) is 1.66. The molecule has 1 fully saturated rings. The quantitative estimate of drug-likeness (QED) is 0.431. The molecular formula is C24H28F5N7O2S. The van der Waals surface area contributed by atoms with Gasteiger partial charge in [0.25, 0.3) is 0 Å². The number of benzene rings is 1. The number of alkyl halides is 4. The van der Waals surface area contributed by atoms with Gasteiger partial charge in [0.1, 0.15) is 34.8 Å². The summed E-state index contributed by atoms with van der Waals surface area (Å²) in [5.74, 6) is -0.621. The number of hydrogen-bond donors (Lipinski definition) is 1. The highest BCUT2D eigenvalue weighted by atomic mass is 32.2. The van der Waals surface area contributed by atoms with Crippen molar-refractivity contribution in [3.63, 3.8) is 0 Å². The van der Waals surface area contributed by atoms with E-state index in [1.54, 1.807) is 6.07 Å². The largest absolute Gasteiger partial charge is 0.420 e. The Morgan fingerprint density at radius 3 is 2.51 bits per heavy atom. The summed E-state index contributed by atoms with van der Waals surface area (Å²) in [5, 5.41) is 2.69. The van der Waals surface area contributed by atoms with Crippen LogP contribution >= 0.6 is 0 Å². The summed E-state index contributed by atoms with van der Waals surface area (Å²) in [6.07, 6.45) is -3.59. The highest BCUT2D eigenvalue weighted by molar-refractivity contribution is 7.88. The molecule has 15 heteroatoms. The van der Waals surface area contributed by atoms with Crippen molar-refractivity contribution in [3.05, 3.63) is 53.4 Å². The van der Waals surface area contributed by atoms with Gasteiger partial charge in [-0.05, 0) is 45.1 Å². The van der Waals surface area contributed by atoms with Crippen LogP contribution in [0.25, 0.3) is 17.1 Å². The normalized spacial score (nSPS) is 19.0. The molecule has 0 amide bonds. The van der Waals surface area contributed by atoms with Gasteiger partial charge in [-0.1, -0.05) is 6.07 Å². The molecule has 1 saturated heterocycles. The molecule has 2 aromatic heterocycles. The monoisotopic (exact) mass is 573 g/mol. The number of nitrogens with one attached hydrogen (secondary N) is 1. The van der Waals surface area contributed by atoms with Gasteiger partial charge in [-0.2, -0.15) is 17.5 Å². The van der Waals surface area contributed by atoms with Crippen LogP contribution in [0, 0.1) is 12.7 Å². The zero-order chi connectivity index (χ0) is 28.7. The lowest BCUT2D eigenvalue weighted by atomic mass is 10.1. The zero-order valence-electron chi connectivity index (χ0n) is 21.7. The smallest absolute Gasteiger partial charge is 0.348 e. The lowest BCUT2D eigenvalue weighted by Crippen LogP contribution is -2.49. The third-order valence-corrected chi connectivity index (χ3v) is 7.55. The average molecular weight is 574 g/mol. The fourth-order valence-electron chi connectivity index (χ4n) is 4.40. The van der Waals surface area contributed by atoms with Crippen LogP contribution in [-0.4, -0.2) is 82.8 Å². The first kappa shape index (κ1) is 28.8. The number of rotatable bonds is 7. The minimum absolute atomic E-state index is 0.0346. The third-order valence-electron chi connectivity index (χ3n) is 6.28. The van der Waals surface area contributed by atoms with Gasteiger partial charge >= 0.3 is 6.18 Å². The van der Waals surface area contributed by atoms with E-state index in [4.69, 9.17) is 0 Å². The molecule has 9 nitrogen and oxygen atoms in total. The predicted octanol–water partition coefficient (Wildman–Crippen LogP) is 3.64. The van der Waals surface area contributed by atoms with Crippen LogP contribution in [0.2, 0.25) is 0 Å². The molecule has 0 aliphatic carbocycles. The van der Waals surface area contributed by atoms with Crippen LogP contribution in [0.4, 0.5) is 27.9 Å². The molecule has 212 valence electrons. The molecule has 1 aromatic carbocycles. The molecule has 0 radical (unpaired) electrons. The van der Waals surface area contributed by atoms with Crippen LogP contribution in [0.15, 0.2) is 30.6 Å². The lowest BCUT2D eigenvalue weighted by Gasteiger charge is -2.33. The molecule has 39 heavy (non-hydrogen) atoms. The maximum absolute atomic E-state index is 14.9. The number of nitrogens with zero attached hydrogens (tertiary/aromatic N) is 6. The van der Waals surface area contributed by atoms with Crippen LogP contribution < -0.4 is 5.32 Å². The van der Waals surface area contributed by atoms with Gasteiger partial charge in [0.2, 0.25) is 16.0 Å². The third kappa shape index (κ3) is 6.53. The van der Waals surface area contributed by atoms with E-state index in [-0.39, 0.29) is 36.1 Å². The number of sulfonamides is 1. The molecule has 0 spiro atoms. The van der Waals surface area contributed by atoms with E-state index in [0.717, 1.165) is 16.1 Å². The van der Waals surface area contributed by atoms with Gasteiger partial charge in [0, 0.05) is 32.0 Å². The molecule has 1 aliphatic heterocycles. The summed E-state index contributed by atoms with van der Waals surface area (Å²) in [4.78, 5) is 13.8. The number of anilines is 1. The summed E-state index contributed by atoms with van der Waals surface area (Å²) >= 11 is 0. The average Bonchev–Trinajstić information content (AvgIpc) is 3.20. The molecule has 2 atom stereocenters. The molecular weight excluding hydrogens is 545 g/mol. The highest BCUT2D eigenvalue weighted by Crippen LogP contribution is 2.36. The van der Waals surface area contributed by atoms with E-state index in [9.17, 15) is 30.4 Å². The molecule has 3 aromatic rings. The summed E-state index contributed by atoms with van der Waals surface area (Å²) in [7, 11) is 0.0958. The Labute approximate surface area is 222 Å². The molecule has 1 N–H and O–H groups in total. The van der Waals surface area contributed by atoms with Crippen molar-refractivity contribution in [1.82, 2.24) is 28.7 Å². The van der Waals surface area contributed by atoms with Crippen LogP contribution in [0.3, 0.4) is 0 Å². The summed E-state index contributed by atoms with van der Waals surface area (Å²) in [6, 6.07) is 3.68. The van der Waals surface area contributed by atoms with Crippen molar-refractivity contribution in [2.45, 2.75) is 38.3 Å². The minimum Gasteiger partial charge on any atom is -0.348 e. The number of aryl methyl sites for hydroxylation is 1. The van der Waals surface area contributed by atoms with Gasteiger partial charge < -0.3 is 14.8 Å². The standard InChI is InChI=1S/C24H28F5N7O2S/c1-14-31-20(13-36(14)21-6-5-15(9-17(21)25)11-34(2)3)22-16(24(27,28)29)10-30-23(33-22)32-19-7-8-35(12-18(19)26)39(4,37)38/h5-6,9-10,13,18-19H,7-8,11-12H2,1-4H3,(H,30,32,33)/t18-,19+/m1/s1. The molecule has 1 aliphatic rings. The molecule has 3 heterocycles. The number of aromatic nitrogens is 4. The zero-order valence-corrected chi connectivity index (χ0v) is 22.5. The van der Waals surface area contributed by atoms with Crippen molar-refractivity contribution in [2.24, 2.45) is 0 Å². The summed E-state index contributed by atoms with van der Waals surface area (Å²) < 4.78 is 97.0. The van der Waals surface area contributed by atoms with Crippen molar-refractivity contribution >= 4 is 16.0 Å². The van der Waals surface area contributed by atoms with E-state index in [1.165, 1.54) is 29.8 Å². The topological polar surface area (TPSA) is 96.2 Å². The lowest BCUT2D eigenvalue weighted by molar-refractivity contribution is -0.137. The number of imidazole rings is 1. The first-order valence-electron chi connectivity index (χ1n) is 11.9. The first-order chi connectivity index (χ1) is 18.1. The van der Waals surface area contributed by atoms with Gasteiger partial charge in [-0.3, -0.25) is 0 Å². The Balaban J connectivity index is 1.67. The van der Waals surface area contributed by atoms with Crippen molar-refractivity contribution in [2.75, 3.05) is 38.8 Å². The van der Waals surface area contributed by atoms with E-state index in [2.05, 4.69) is 20.3 Å². The predicted molar refractivity (Wildman–Crippen MR) is 135 cm³/mol. The maximum Gasteiger partial charge on any atom is 0.420 e. The maximum atomic E-state index is 14.9. The van der Waals surface area contributed by atoms with Crippen LogP contribution in [-0.2, 0) is 22.7 Å². The number of piperidine rings is 1. The van der Waals surface area contributed by atoms with Crippen molar-refractivity contribution in [3.8, 4) is 17.1 Å². The fraction of sp³-hybridized carbons (Fsp3) is 0.458. The Morgan fingerprint density at radius 1 is 1.21 bits per heavy atom. The molecule has 0 saturated carbocycles. The molecule has 0 bridgehead atoms. The van der Waals surface area contributed by atoms with Gasteiger partial charge in [-0.15, -0.1) is 0 Å². The second-order valence-electron chi connectivity index (χ2n) is 9.70. The molecule has 4 rings (SSSR count).